The van der Waals surface area contributed by atoms with Crippen LogP contribution < -0.4 is 10.0 Å². The minimum Gasteiger partial charge on any atom is -0.459 e. The molecular formula is C16H16N4O4S2. The van der Waals surface area contributed by atoms with Gasteiger partial charge in [0.15, 0.2) is 5.76 Å². The quantitative estimate of drug-likeness (QED) is 0.637. The molecule has 3 rings (SSSR count). The number of carbonyl (C=O) groups excluding carboxylic acids is 1. The van der Waals surface area contributed by atoms with Crippen LogP contribution in [0.2, 0.25) is 0 Å². The topological polar surface area (TPSA) is 114 Å². The van der Waals surface area contributed by atoms with Gasteiger partial charge in [0.05, 0.1) is 11.2 Å². The maximum atomic E-state index is 12.2. The van der Waals surface area contributed by atoms with Gasteiger partial charge >= 0.3 is 0 Å². The summed E-state index contributed by atoms with van der Waals surface area (Å²) in [5, 5.41) is 11.3. The molecule has 0 aliphatic carbocycles. The first-order valence-electron chi connectivity index (χ1n) is 7.67. The molecule has 136 valence electrons. The van der Waals surface area contributed by atoms with Gasteiger partial charge in [-0.3, -0.25) is 10.1 Å². The molecule has 0 atom stereocenters. The molecule has 0 aliphatic rings. The van der Waals surface area contributed by atoms with E-state index in [1.54, 1.807) is 30.3 Å². The van der Waals surface area contributed by atoms with Gasteiger partial charge in [-0.15, -0.1) is 10.2 Å². The average Bonchev–Trinajstić information content (AvgIpc) is 3.27. The highest BCUT2D eigenvalue weighted by atomic mass is 32.2. The Hall–Kier alpha value is -2.56. The zero-order valence-corrected chi connectivity index (χ0v) is 15.4. The molecule has 0 unspecified atom stereocenters. The summed E-state index contributed by atoms with van der Waals surface area (Å²) in [4.78, 5) is 12.1. The Kier molecular flexibility index (Phi) is 5.45. The summed E-state index contributed by atoms with van der Waals surface area (Å²) in [6.45, 7) is 2.07. The predicted octanol–water partition coefficient (Wildman–Crippen LogP) is 2.21. The molecule has 1 aromatic carbocycles. The van der Waals surface area contributed by atoms with Gasteiger partial charge in [-0.25, -0.2) is 13.1 Å². The van der Waals surface area contributed by atoms with Crippen molar-refractivity contribution in [3.8, 4) is 0 Å². The number of amides is 1. The summed E-state index contributed by atoms with van der Waals surface area (Å²) in [5.41, 5.74) is 0.988. The molecule has 10 heteroatoms. The first kappa shape index (κ1) is 18.2. The molecule has 0 bridgehead atoms. The van der Waals surface area contributed by atoms with Gasteiger partial charge in [-0.2, -0.15) is 0 Å². The van der Waals surface area contributed by atoms with Crippen LogP contribution in [0.1, 0.15) is 21.1 Å². The summed E-state index contributed by atoms with van der Waals surface area (Å²) >= 11 is 1.18. The van der Waals surface area contributed by atoms with Crippen LogP contribution in [0.25, 0.3) is 0 Å². The van der Waals surface area contributed by atoms with E-state index in [1.165, 1.54) is 23.7 Å². The van der Waals surface area contributed by atoms with Crippen molar-refractivity contribution in [3.05, 3.63) is 59.0 Å². The second-order valence-electron chi connectivity index (χ2n) is 5.39. The molecule has 0 fully saturated rings. The molecular weight excluding hydrogens is 376 g/mol. The number of anilines is 1. The van der Waals surface area contributed by atoms with Gasteiger partial charge in [0.2, 0.25) is 15.2 Å². The lowest BCUT2D eigenvalue weighted by molar-refractivity contribution is 0.0996. The average molecular weight is 392 g/mol. The Morgan fingerprint density at radius 3 is 2.65 bits per heavy atom. The zero-order chi connectivity index (χ0) is 18.6. The van der Waals surface area contributed by atoms with Gasteiger partial charge in [-0.1, -0.05) is 29.0 Å². The molecule has 1 amide bonds. The highest BCUT2D eigenvalue weighted by molar-refractivity contribution is 7.89. The zero-order valence-electron chi connectivity index (χ0n) is 13.8. The Balaban J connectivity index is 1.53. The maximum absolute atomic E-state index is 12.2. The monoisotopic (exact) mass is 392 g/mol. The van der Waals surface area contributed by atoms with Gasteiger partial charge < -0.3 is 4.42 Å². The van der Waals surface area contributed by atoms with Crippen molar-refractivity contribution in [3.63, 3.8) is 0 Å². The number of aryl methyl sites for hydroxylation is 1. The molecule has 0 saturated carbocycles. The van der Waals surface area contributed by atoms with Crippen molar-refractivity contribution in [1.29, 1.82) is 0 Å². The number of aromatic nitrogens is 2. The number of sulfonamides is 1. The van der Waals surface area contributed by atoms with E-state index in [0.29, 0.717) is 16.6 Å². The van der Waals surface area contributed by atoms with E-state index >= 15 is 0 Å². The van der Waals surface area contributed by atoms with Crippen LogP contribution in [0.15, 0.2) is 52.0 Å². The molecule has 0 spiro atoms. The van der Waals surface area contributed by atoms with E-state index in [-0.39, 0.29) is 17.2 Å². The fourth-order valence-electron chi connectivity index (χ4n) is 2.06. The number of rotatable bonds is 7. The van der Waals surface area contributed by atoms with Crippen LogP contribution in [-0.4, -0.2) is 31.1 Å². The summed E-state index contributed by atoms with van der Waals surface area (Å²) < 4.78 is 31.9. The second kappa shape index (κ2) is 7.77. The highest BCUT2D eigenvalue weighted by Crippen LogP contribution is 2.17. The van der Waals surface area contributed by atoms with Crippen molar-refractivity contribution >= 4 is 32.4 Å². The van der Waals surface area contributed by atoms with Crippen LogP contribution in [0.5, 0.6) is 0 Å². The molecule has 8 nitrogen and oxygen atoms in total. The van der Waals surface area contributed by atoms with Gasteiger partial charge in [0.1, 0.15) is 5.01 Å². The number of hydrogen-bond donors (Lipinski definition) is 2. The molecule has 2 heterocycles. The maximum Gasteiger partial charge on any atom is 0.293 e. The highest BCUT2D eigenvalue weighted by Gasteiger charge is 2.15. The Labute approximate surface area is 154 Å². The molecule has 26 heavy (non-hydrogen) atoms. The smallest absolute Gasteiger partial charge is 0.293 e. The third-order valence-corrected chi connectivity index (χ3v) is 5.77. The van der Waals surface area contributed by atoms with Crippen molar-refractivity contribution < 1.29 is 17.6 Å². The van der Waals surface area contributed by atoms with Crippen molar-refractivity contribution in [2.75, 3.05) is 11.9 Å². The van der Waals surface area contributed by atoms with Crippen LogP contribution in [0.4, 0.5) is 5.13 Å². The van der Waals surface area contributed by atoms with Gasteiger partial charge in [0.25, 0.3) is 5.91 Å². The molecule has 2 N–H and O–H groups in total. The molecule has 0 aliphatic heterocycles. The number of carbonyl (C=O) groups is 1. The molecule has 0 radical (unpaired) electrons. The van der Waals surface area contributed by atoms with Crippen LogP contribution in [0.3, 0.4) is 0 Å². The minimum atomic E-state index is -3.56. The first-order chi connectivity index (χ1) is 12.4. The lowest BCUT2D eigenvalue weighted by Gasteiger charge is -2.05. The van der Waals surface area contributed by atoms with E-state index in [9.17, 15) is 13.2 Å². The lowest BCUT2D eigenvalue weighted by Crippen LogP contribution is -2.25. The van der Waals surface area contributed by atoms with E-state index in [0.717, 1.165) is 5.56 Å². The third kappa shape index (κ3) is 4.54. The molecule has 2 aromatic heterocycles. The summed E-state index contributed by atoms with van der Waals surface area (Å²) in [6, 6.07) is 9.76. The van der Waals surface area contributed by atoms with E-state index in [1.807, 2.05) is 6.92 Å². The van der Waals surface area contributed by atoms with Crippen LogP contribution in [0, 0.1) is 6.92 Å². The fraction of sp³-hybridized carbons (Fsp3) is 0.188. The Morgan fingerprint density at radius 1 is 1.19 bits per heavy atom. The number of benzene rings is 1. The lowest BCUT2D eigenvalue weighted by atomic mass is 10.2. The minimum absolute atomic E-state index is 0.174. The normalized spacial score (nSPS) is 11.4. The van der Waals surface area contributed by atoms with Gasteiger partial charge in [0, 0.05) is 13.0 Å². The predicted molar refractivity (Wildman–Crippen MR) is 96.6 cm³/mol. The fourth-order valence-corrected chi connectivity index (χ4v) is 3.83. The van der Waals surface area contributed by atoms with E-state index < -0.39 is 15.9 Å². The van der Waals surface area contributed by atoms with Crippen molar-refractivity contribution in [2.24, 2.45) is 0 Å². The summed E-state index contributed by atoms with van der Waals surface area (Å²) in [7, 11) is -3.56. The van der Waals surface area contributed by atoms with Crippen molar-refractivity contribution in [2.45, 2.75) is 18.2 Å². The SMILES string of the molecule is Cc1ccc(S(=O)(=O)NCCc2nnc(NC(=O)c3ccco3)s2)cc1. The van der Waals surface area contributed by atoms with Gasteiger partial charge in [-0.05, 0) is 31.2 Å². The second-order valence-corrected chi connectivity index (χ2v) is 8.22. The standard InChI is InChI=1S/C16H16N4O4S2/c1-11-4-6-12(7-5-11)26(22,23)17-9-8-14-19-20-16(25-14)18-15(21)13-3-2-10-24-13/h2-7,10,17H,8-9H2,1H3,(H,18,20,21). The first-order valence-corrected chi connectivity index (χ1v) is 9.97. The largest absolute Gasteiger partial charge is 0.459 e. The molecule has 0 saturated heterocycles. The summed E-state index contributed by atoms with van der Waals surface area (Å²) in [5.74, 6) is -0.245. The van der Waals surface area contributed by atoms with Crippen LogP contribution in [-0.2, 0) is 16.4 Å². The number of nitrogens with one attached hydrogen (secondary N) is 2. The van der Waals surface area contributed by atoms with Crippen LogP contribution >= 0.6 is 11.3 Å². The third-order valence-electron chi connectivity index (χ3n) is 3.39. The number of nitrogens with zero attached hydrogens (tertiary/aromatic N) is 2. The Bertz CT molecular complexity index is 980. The number of hydrogen-bond acceptors (Lipinski definition) is 7. The van der Waals surface area contributed by atoms with E-state index in [2.05, 4.69) is 20.2 Å². The van der Waals surface area contributed by atoms with E-state index in [4.69, 9.17) is 4.42 Å². The molecule has 3 aromatic rings. The Morgan fingerprint density at radius 2 is 1.96 bits per heavy atom. The van der Waals surface area contributed by atoms with Crippen molar-refractivity contribution in [1.82, 2.24) is 14.9 Å². The summed E-state index contributed by atoms with van der Waals surface area (Å²) in [6.07, 6.45) is 1.76. The number of furan rings is 1.